The number of likely N-dealkylation sites (tertiary alicyclic amines) is 1. The van der Waals surface area contributed by atoms with E-state index in [-0.39, 0.29) is 11.8 Å². The van der Waals surface area contributed by atoms with E-state index in [0.717, 1.165) is 18.9 Å². The zero-order valence-electron chi connectivity index (χ0n) is 14.7. The summed E-state index contributed by atoms with van der Waals surface area (Å²) in [7, 11) is 0. The molecular formula is C17H27N3O3. The molecule has 0 spiro atoms. The van der Waals surface area contributed by atoms with E-state index in [0.29, 0.717) is 23.8 Å². The molecule has 1 amide bonds. The van der Waals surface area contributed by atoms with E-state index >= 15 is 0 Å². The number of hydrogen-bond acceptors (Lipinski definition) is 5. The lowest BCUT2D eigenvalue weighted by molar-refractivity contribution is -0.0718. The summed E-state index contributed by atoms with van der Waals surface area (Å²) >= 11 is 0. The van der Waals surface area contributed by atoms with Crippen LogP contribution in [0, 0.1) is 17.8 Å². The highest BCUT2D eigenvalue weighted by Gasteiger charge is 2.63. The van der Waals surface area contributed by atoms with E-state index in [4.69, 9.17) is 9.57 Å². The summed E-state index contributed by atoms with van der Waals surface area (Å²) in [4.78, 5) is 22.1. The second-order valence-electron chi connectivity index (χ2n) is 8.83. The van der Waals surface area contributed by atoms with Gasteiger partial charge in [-0.25, -0.2) is 4.79 Å². The Kier molecular flexibility index (Phi) is 2.98. The standard InChI is InChI=1S/C17H27N3O3/c1-16(2,3)22-15(21)19-8-11-12(9-19)13(11)14-18-23-17(4,5)20(14)10-6-7-10/h10-13H,6-9H2,1-5H3. The maximum Gasteiger partial charge on any atom is 0.410 e. The molecule has 2 aliphatic heterocycles. The number of amidine groups is 1. The first-order valence-electron chi connectivity index (χ1n) is 8.71. The minimum absolute atomic E-state index is 0.188. The van der Waals surface area contributed by atoms with Crippen LogP contribution in [0.5, 0.6) is 0 Å². The number of fused-ring (bicyclic) bond motifs is 1. The molecule has 6 heteroatoms. The number of hydrogen-bond donors (Lipinski definition) is 0. The topological polar surface area (TPSA) is 54.4 Å². The van der Waals surface area contributed by atoms with Gasteiger partial charge < -0.3 is 19.4 Å². The number of rotatable bonds is 2. The van der Waals surface area contributed by atoms with Gasteiger partial charge in [0.05, 0.1) is 0 Å². The molecule has 0 bridgehead atoms. The molecule has 3 fully saturated rings. The molecule has 0 aromatic rings. The highest BCUT2D eigenvalue weighted by atomic mass is 16.7. The quantitative estimate of drug-likeness (QED) is 0.784. The van der Waals surface area contributed by atoms with Crippen molar-refractivity contribution in [3.63, 3.8) is 0 Å². The van der Waals surface area contributed by atoms with Crippen LogP contribution in [-0.2, 0) is 9.57 Å². The Balaban J connectivity index is 1.38. The van der Waals surface area contributed by atoms with E-state index in [9.17, 15) is 4.79 Å². The lowest BCUT2D eigenvalue weighted by atomic mass is 10.1. The van der Waals surface area contributed by atoms with Crippen molar-refractivity contribution in [2.45, 2.75) is 64.8 Å². The molecule has 6 nitrogen and oxygen atoms in total. The normalized spacial score (nSPS) is 34.8. The fourth-order valence-electron chi connectivity index (χ4n) is 4.09. The molecule has 4 rings (SSSR count). The SMILES string of the molecule is CC(C)(C)OC(=O)N1CC2C(C1)C2C1=NOC(C)(C)N1C1CC1. The number of oxime groups is 1. The highest BCUT2D eigenvalue weighted by molar-refractivity contribution is 5.90. The maximum absolute atomic E-state index is 12.2. The van der Waals surface area contributed by atoms with Crippen molar-refractivity contribution in [2.75, 3.05) is 13.1 Å². The summed E-state index contributed by atoms with van der Waals surface area (Å²) in [6.07, 6.45) is 2.28. The smallest absolute Gasteiger partial charge is 0.410 e. The molecular weight excluding hydrogens is 294 g/mol. The Bertz CT molecular complexity index is 550. The van der Waals surface area contributed by atoms with E-state index in [1.807, 2.05) is 25.7 Å². The Morgan fingerprint density at radius 2 is 1.87 bits per heavy atom. The molecule has 0 N–H and O–H groups in total. The van der Waals surface area contributed by atoms with Gasteiger partial charge in [-0.1, -0.05) is 5.16 Å². The molecule has 0 aromatic heterocycles. The van der Waals surface area contributed by atoms with E-state index in [1.165, 1.54) is 12.8 Å². The number of amides is 1. The van der Waals surface area contributed by atoms with Gasteiger partial charge in [0.15, 0.2) is 5.84 Å². The molecule has 2 unspecified atom stereocenters. The largest absolute Gasteiger partial charge is 0.444 e. The second-order valence-corrected chi connectivity index (χ2v) is 8.83. The van der Waals surface area contributed by atoms with Gasteiger partial charge in [0.25, 0.3) is 0 Å². The predicted molar refractivity (Wildman–Crippen MR) is 85.7 cm³/mol. The van der Waals surface area contributed by atoms with Crippen LogP contribution in [0.25, 0.3) is 0 Å². The Morgan fingerprint density at radius 1 is 1.26 bits per heavy atom. The molecule has 23 heavy (non-hydrogen) atoms. The summed E-state index contributed by atoms with van der Waals surface area (Å²) in [6.45, 7) is 11.5. The van der Waals surface area contributed by atoms with Crippen LogP contribution in [-0.4, -0.2) is 52.2 Å². The number of carbonyl (C=O) groups is 1. The lowest BCUT2D eigenvalue weighted by Gasteiger charge is -2.32. The molecule has 0 aromatic carbocycles. The number of nitrogens with zero attached hydrogens (tertiary/aromatic N) is 3. The summed E-state index contributed by atoms with van der Waals surface area (Å²) in [6, 6.07) is 0.592. The van der Waals surface area contributed by atoms with Gasteiger partial charge in [-0.05, 0) is 59.3 Å². The first kappa shape index (κ1) is 15.1. The molecule has 2 saturated carbocycles. The summed E-state index contributed by atoms with van der Waals surface area (Å²) in [5.74, 6) is 2.60. The van der Waals surface area contributed by atoms with Crippen molar-refractivity contribution in [3.05, 3.63) is 0 Å². The van der Waals surface area contributed by atoms with Crippen molar-refractivity contribution in [3.8, 4) is 0 Å². The molecule has 2 atom stereocenters. The van der Waals surface area contributed by atoms with Crippen LogP contribution in [0.1, 0.15) is 47.5 Å². The lowest BCUT2D eigenvalue weighted by Crippen LogP contribution is -2.47. The predicted octanol–water partition coefficient (Wildman–Crippen LogP) is 2.64. The van der Waals surface area contributed by atoms with E-state index < -0.39 is 5.60 Å². The van der Waals surface area contributed by atoms with Gasteiger partial charge in [-0.15, -0.1) is 0 Å². The van der Waals surface area contributed by atoms with Crippen molar-refractivity contribution in [1.82, 2.24) is 9.80 Å². The van der Waals surface area contributed by atoms with Gasteiger partial charge >= 0.3 is 6.09 Å². The molecule has 128 valence electrons. The summed E-state index contributed by atoms with van der Waals surface area (Å²) in [5, 5.41) is 4.41. The molecule has 4 aliphatic rings. The van der Waals surface area contributed by atoms with Crippen molar-refractivity contribution in [2.24, 2.45) is 22.9 Å². The first-order chi connectivity index (χ1) is 10.7. The average molecular weight is 321 g/mol. The maximum atomic E-state index is 12.2. The molecule has 0 radical (unpaired) electrons. The summed E-state index contributed by atoms with van der Waals surface area (Å²) in [5.41, 5.74) is -0.752. The zero-order valence-corrected chi connectivity index (χ0v) is 14.7. The van der Waals surface area contributed by atoms with Crippen LogP contribution in [0.2, 0.25) is 0 Å². The Hall–Kier alpha value is -1.46. The Morgan fingerprint density at radius 3 is 2.39 bits per heavy atom. The van der Waals surface area contributed by atoms with E-state index in [2.05, 4.69) is 23.9 Å². The zero-order chi connectivity index (χ0) is 16.6. The Labute approximate surface area is 137 Å². The van der Waals surface area contributed by atoms with Gasteiger partial charge in [-0.2, -0.15) is 0 Å². The second kappa shape index (κ2) is 4.54. The first-order valence-corrected chi connectivity index (χ1v) is 8.71. The van der Waals surface area contributed by atoms with Crippen molar-refractivity contribution in [1.29, 1.82) is 0 Å². The monoisotopic (exact) mass is 321 g/mol. The minimum atomic E-state index is -0.431. The number of carbonyl (C=O) groups excluding carboxylic acids is 1. The van der Waals surface area contributed by atoms with Crippen LogP contribution in [0.15, 0.2) is 5.16 Å². The van der Waals surface area contributed by atoms with Crippen LogP contribution in [0.4, 0.5) is 4.79 Å². The van der Waals surface area contributed by atoms with Gasteiger partial charge in [0, 0.05) is 25.0 Å². The minimum Gasteiger partial charge on any atom is -0.444 e. The van der Waals surface area contributed by atoms with Crippen molar-refractivity contribution < 1.29 is 14.4 Å². The highest BCUT2D eigenvalue weighted by Crippen LogP contribution is 2.55. The van der Waals surface area contributed by atoms with Crippen LogP contribution < -0.4 is 0 Å². The third-order valence-electron chi connectivity index (χ3n) is 5.25. The summed E-state index contributed by atoms with van der Waals surface area (Å²) < 4.78 is 5.48. The van der Waals surface area contributed by atoms with E-state index in [1.54, 1.807) is 0 Å². The average Bonchev–Trinajstić information content (AvgIpc) is 3.28. The molecule has 1 saturated heterocycles. The van der Waals surface area contributed by atoms with Crippen LogP contribution in [0.3, 0.4) is 0 Å². The number of piperidine rings is 1. The molecule has 2 heterocycles. The van der Waals surface area contributed by atoms with Gasteiger partial charge in [0.1, 0.15) is 5.60 Å². The third kappa shape index (κ3) is 2.56. The van der Waals surface area contributed by atoms with Crippen molar-refractivity contribution >= 4 is 11.9 Å². The van der Waals surface area contributed by atoms with Gasteiger partial charge in [-0.3, -0.25) is 0 Å². The number of ether oxygens (including phenoxy) is 1. The molecule has 2 aliphatic carbocycles. The third-order valence-corrected chi connectivity index (χ3v) is 5.25. The van der Waals surface area contributed by atoms with Crippen LogP contribution >= 0.6 is 0 Å². The fourth-order valence-corrected chi connectivity index (χ4v) is 4.09. The fraction of sp³-hybridized carbons (Fsp3) is 0.882. The van der Waals surface area contributed by atoms with Gasteiger partial charge in [0.2, 0.25) is 5.72 Å².